The lowest BCUT2D eigenvalue weighted by Gasteiger charge is -2.27. The second-order valence-corrected chi connectivity index (χ2v) is 17.4. The molecule has 0 unspecified atom stereocenters. The van der Waals surface area contributed by atoms with E-state index in [9.17, 15) is 0 Å². The van der Waals surface area contributed by atoms with Crippen molar-refractivity contribution in [3.05, 3.63) is 248 Å². The lowest BCUT2D eigenvalue weighted by atomic mass is 9.82. The Kier molecular flexibility index (Phi) is 9.74. The van der Waals surface area contributed by atoms with E-state index in [1.54, 1.807) is 0 Å². The first kappa shape index (κ1) is 39.3. The molecule has 0 fully saturated rings. The third-order valence-electron chi connectivity index (χ3n) is 13.4. The molecule has 0 amide bonds. The highest BCUT2D eigenvalue weighted by atomic mass is 15.1. The summed E-state index contributed by atoms with van der Waals surface area (Å²) in [7, 11) is 0. The van der Waals surface area contributed by atoms with Gasteiger partial charge in [-0.05, 0) is 154 Å². The van der Waals surface area contributed by atoms with Crippen molar-refractivity contribution < 1.29 is 0 Å². The highest BCUT2D eigenvalue weighted by molar-refractivity contribution is 6.28. The minimum atomic E-state index is 0.514. The van der Waals surface area contributed by atoms with E-state index in [2.05, 4.69) is 248 Å². The summed E-state index contributed by atoms with van der Waals surface area (Å²) in [6.07, 6.45) is 0. The molecule has 2 heteroatoms. The van der Waals surface area contributed by atoms with Crippen molar-refractivity contribution in [1.82, 2.24) is 0 Å². The van der Waals surface area contributed by atoms with Gasteiger partial charge in [0.15, 0.2) is 0 Å². The lowest BCUT2D eigenvalue weighted by molar-refractivity contribution is 1.07. The van der Waals surface area contributed by atoms with E-state index in [-0.39, 0.29) is 0 Å². The van der Waals surface area contributed by atoms with Gasteiger partial charge in [-0.3, -0.25) is 0 Å². The van der Waals surface area contributed by atoms with E-state index in [0.29, 0.717) is 6.54 Å². The first-order valence-corrected chi connectivity index (χ1v) is 22.8. The van der Waals surface area contributed by atoms with Gasteiger partial charge in [0.2, 0.25) is 0 Å². The van der Waals surface area contributed by atoms with Gasteiger partial charge in [0.25, 0.3) is 0 Å². The summed E-state index contributed by atoms with van der Waals surface area (Å²) in [5.74, 6) is 0. The fraction of sp³-hybridized carbons (Fsp3) is 0.0312. The Bertz CT molecular complexity index is 3500. The minimum Gasteiger partial charge on any atom is -0.326 e. The Hall–Kier alpha value is -8.30. The molecule has 2 N–H and O–H groups in total. The summed E-state index contributed by atoms with van der Waals surface area (Å²) in [6.45, 7) is 2.65. The molecule has 312 valence electrons. The monoisotopic (exact) mass is 842 g/mol. The first-order valence-electron chi connectivity index (χ1n) is 22.8. The smallest absolute Gasteiger partial charge is 0.0473 e. The van der Waals surface area contributed by atoms with Crippen molar-refractivity contribution in [2.75, 3.05) is 4.90 Å². The fourth-order valence-electron chi connectivity index (χ4n) is 10.4. The van der Waals surface area contributed by atoms with E-state index >= 15 is 0 Å². The van der Waals surface area contributed by atoms with Gasteiger partial charge in [-0.25, -0.2) is 0 Å². The van der Waals surface area contributed by atoms with Crippen LogP contribution in [0.2, 0.25) is 0 Å². The average molecular weight is 843 g/mol. The first-order chi connectivity index (χ1) is 32.6. The van der Waals surface area contributed by atoms with E-state index < -0.39 is 0 Å². The maximum Gasteiger partial charge on any atom is 0.0473 e. The number of fused-ring (bicyclic) bond motifs is 4. The molecule has 66 heavy (non-hydrogen) atoms. The average Bonchev–Trinajstić information content (AvgIpc) is 3.71. The van der Waals surface area contributed by atoms with Crippen LogP contribution in [0.4, 0.5) is 17.1 Å². The van der Waals surface area contributed by atoms with Crippen LogP contribution in [0.25, 0.3) is 99.4 Å². The highest BCUT2D eigenvalue weighted by Gasteiger charge is 2.31. The van der Waals surface area contributed by atoms with Crippen molar-refractivity contribution in [1.29, 1.82) is 0 Å². The van der Waals surface area contributed by atoms with Gasteiger partial charge in [0.05, 0.1) is 0 Å². The van der Waals surface area contributed by atoms with Crippen molar-refractivity contribution in [2.24, 2.45) is 5.73 Å². The van der Waals surface area contributed by atoms with Gasteiger partial charge in [0, 0.05) is 23.6 Å². The minimum absolute atomic E-state index is 0.514. The maximum atomic E-state index is 6.03. The molecule has 11 aromatic rings. The molecule has 2 nitrogen and oxygen atoms in total. The van der Waals surface area contributed by atoms with Gasteiger partial charge < -0.3 is 10.6 Å². The van der Waals surface area contributed by atoms with Crippen LogP contribution in [0.1, 0.15) is 11.1 Å². The van der Waals surface area contributed by atoms with Crippen LogP contribution in [0.3, 0.4) is 0 Å². The Morgan fingerprint density at radius 3 is 1.39 bits per heavy atom. The van der Waals surface area contributed by atoms with Crippen LogP contribution in [0.5, 0.6) is 0 Å². The molecule has 1 aliphatic carbocycles. The lowest BCUT2D eigenvalue weighted by Crippen LogP contribution is -2.10. The molecule has 0 saturated carbocycles. The number of hydrogen-bond acceptors (Lipinski definition) is 2. The number of anilines is 3. The Labute approximate surface area is 386 Å². The van der Waals surface area contributed by atoms with Crippen LogP contribution < -0.4 is 10.6 Å². The molecule has 0 aromatic heterocycles. The molecule has 0 heterocycles. The van der Waals surface area contributed by atoms with Crippen LogP contribution in [-0.2, 0) is 6.54 Å². The van der Waals surface area contributed by atoms with E-state index in [1.165, 1.54) is 82.7 Å². The number of para-hydroxylation sites is 1. The number of nitrogens with two attached hydrogens (primary N) is 1. The summed E-state index contributed by atoms with van der Waals surface area (Å²) >= 11 is 0. The van der Waals surface area contributed by atoms with Crippen LogP contribution >= 0.6 is 0 Å². The highest BCUT2D eigenvalue weighted by Crippen LogP contribution is 2.58. The fourth-order valence-corrected chi connectivity index (χ4v) is 10.4. The zero-order chi connectivity index (χ0) is 44.1. The molecular formula is C64H46N2. The summed E-state index contributed by atoms with van der Waals surface area (Å²) in [5, 5.41) is 5.08. The van der Waals surface area contributed by atoms with Gasteiger partial charge in [-0.15, -0.1) is 0 Å². The molecule has 0 aliphatic heterocycles. The van der Waals surface area contributed by atoms with E-state index in [4.69, 9.17) is 5.73 Å². The number of rotatable bonds is 9. The normalized spacial score (nSPS) is 11.5. The topological polar surface area (TPSA) is 29.3 Å². The molecule has 0 saturated heterocycles. The Morgan fingerprint density at radius 2 is 0.788 bits per heavy atom. The predicted octanol–water partition coefficient (Wildman–Crippen LogP) is 17.2. The predicted molar refractivity (Wildman–Crippen MR) is 280 cm³/mol. The Balaban J connectivity index is 1.06. The molecule has 0 bridgehead atoms. The number of aryl methyl sites for hydroxylation is 1. The van der Waals surface area contributed by atoms with Crippen LogP contribution in [0, 0.1) is 6.92 Å². The maximum absolute atomic E-state index is 6.03. The molecule has 11 aromatic carbocycles. The van der Waals surface area contributed by atoms with Crippen LogP contribution in [0.15, 0.2) is 237 Å². The summed E-state index contributed by atoms with van der Waals surface area (Å²) in [4.78, 5) is 2.40. The van der Waals surface area contributed by atoms with Gasteiger partial charge in [0.1, 0.15) is 0 Å². The standard InChI is InChI=1S/C64H46N2/c1-42-27-31-44(32-28-42)49-37-50(45-33-29-43(41-65)30-34-45)40-53(39-49)66(51-20-9-4-10-21-51)52-22-13-19-48(38-52)54-35-36-59-62-55(54)25-14-26-58(62)63-60(46-15-5-2-6-16-46)56-23-11-12-24-57(56)61(64(59)63)47-17-7-3-8-18-47/h2-40H,41,65H2,1H3. The van der Waals surface area contributed by atoms with Crippen LogP contribution in [-0.4, -0.2) is 0 Å². The van der Waals surface area contributed by atoms with Crippen molar-refractivity contribution in [2.45, 2.75) is 13.5 Å². The van der Waals surface area contributed by atoms with Gasteiger partial charge in [-0.2, -0.15) is 0 Å². The van der Waals surface area contributed by atoms with Crippen molar-refractivity contribution in [3.63, 3.8) is 0 Å². The second-order valence-electron chi connectivity index (χ2n) is 17.4. The molecular weight excluding hydrogens is 797 g/mol. The third kappa shape index (κ3) is 6.70. The summed E-state index contributed by atoms with van der Waals surface area (Å²) < 4.78 is 0. The summed E-state index contributed by atoms with van der Waals surface area (Å²) in [5.41, 5.74) is 28.9. The largest absolute Gasteiger partial charge is 0.326 e. The molecule has 12 rings (SSSR count). The molecule has 0 atom stereocenters. The number of hydrogen-bond donors (Lipinski definition) is 1. The third-order valence-corrected chi connectivity index (χ3v) is 13.4. The molecule has 0 radical (unpaired) electrons. The summed E-state index contributed by atoms with van der Waals surface area (Å²) in [6, 6.07) is 86.8. The quantitative estimate of drug-likeness (QED) is 0.157. The number of nitrogens with zero attached hydrogens (tertiary/aromatic N) is 1. The molecule has 0 spiro atoms. The van der Waals surface area contributed by atoms with E-state index in [1.807, 2.05) is 0 Å². The second kappa shape index (κ2) is 16.4. The van der Waals surface area contributed by atoms with Gasteiger partial charge in [-0.1, -0.05) is 200 Å². The zero-order valence-electron chi connectivity index (χ0n) is 36.7. The van der Waals surface area contributed by atoms with E-state index in [0.717, 1.165) is 44.9 Å². The zero-order valence-corrected chi connectivity index (χ0v) is 36.7. The molecule has 1 aliphatic rings. The SMILES string of the molecule is Cc1ccc(-c2cc(-c3ccc(CN)cc3)cc(N(c3ccccc3)c3cccc(-c4ccc5c6c(cccc46)-c4c-5c(-c5ccccc5)c5ccccc5c4-c4ccccc4)c3)c2)cc1. The van der Waals surface area contributed by atoms with Crippen molar-refractivity contribution >= 4 is 38.6 Å². The van der Waals surface area contributed by atoms with Gasteiger partial charge >= 0.3 is 0 Å². The van der Waals surface area contributed by atoms with Crippen molar-refractivity contribution in [3.8, 4) is 77.9 Å². The Morgan fingerprint density at radius 1 is 0.318 bits per heavy atom. The number of benzene rings is 11.